The Morgan fingerprint density at radius 1 is 1.30 bits per heavy atom. The molecule has 3 rings (SSSR count). The van der Waals surface area contributed by atoms with E-state index in [9.17, 15) is 4.79 Å². The number of carbonyl (C=O) groups excluding carboxylic acids is 1. The first-order valence-electron chi connectivity index (χ1n) is 7.60. The van der Waals surface area contributed by atoms with Crippen LogP contribution in [0.5, 0.6) is 5.75 Å². The van der Waals surface area contributed by atoms with Crippen molar-refractivity contribution in [3.63, 3.8) is 0 Å². The molecule has 1 aromatic heterocycles. The van der Waals surface area contributed by atoms with Crippen molar-refractivity contribution in [3.05, 3.63) is 59.4 Å². The van der Waals surface area contributed by atoms with Gasteiger partial charge in [0.05, 0.1) is 24.6 Å². The molecule has 0 atom stereocenters. The topological polar surface area (TPSA) is 55.3 Å². The van der Waals surface area contributed by atoms with Crippen LogP contribution in [0.4, 0.5) is 0 Å². The highest BCUT2D eigenvalue weighted by Crippen LogP contribution is 2.26. The zero-order chi connectivity index (χ0) is 16.2. The molecule has 0 spiro atoms. The number of rotatable bonds is 3. The minimum Gasteiger partial charge on any atom is -0.497 e. The number of hydrogen-bond donors (Lipinski definition) is 0. The van der Waals surface area contributed by atoms with Crippen LogP contribution in [0.15, 0.2) is 42.6 Å². The van der Waals surface area contributed by atoms with Gasteiger partial charge in [-0.2, -0.15) is 10.2 Å². The second kappa shape index (κ2) is 6.60. The maximum atomic E-state index is 12.6. The number of aromatic nitrogens is 2. The fourth-order valence-electron chi connectivity index (χ4n) is 2.74. The lowest BCUT2D eigenvalue weighted by molar-refractivity contribution is 0.0771. The molecule has 23 heavy (non-hydrogen) atoms. The van der Waals surface area contributed by atoms with Crippen LogP contribution in [0.3, 0.4) is 0 Å². The van der Waals surface area contributed by atoms with Crippen LogP contribution in [-0.4, -0.2) is 41.2 Å². The lowest BCUT2D eigenvalue weighted by atomic mass is 9.99. The molecule has 0 aliphatic carbocycles. The molecule has 1 aliphatic rings. The molecule has 0 radical (unpaired) electrons. The highest BCUT2D eigenvalue weighted by molar-refractivity contribution is 5.95. The van der Waals surface area contributed by atoms with Gasteiger partial charge in [0.25, 0.3) is 5.91 Å². The highest BCUT2D eigenvalue weighted by Gasteiger charge is 2.21. The van der Waals surface area contributed by atoms with E-state index in [1.807, 2.05) is 30.0 Å². The van der Waals surface area contributed by atoms with Gasteiger partial charge in [0.1, 0.15) is 5.75 Å². The molecule has 2 aromatic rings. The van der Waals surface area contributed by atoms with Crippen molar-refractivity contribution in [2.75, 3.05) is 20.2 Å². The van der Waals surface area contributed by atoms with E-state index in [4.69, 9.17) is 4.74 Å². The second-order valence-corrected chi connectivity index (χ2v) is 5.49. The summed E-state index contributed by atoms with van der Waals surface area (Å²) < 4.78 is 5.27. The SMILES string of the molecule is COc1cccc(C2=CCN(C(=O)c3ccnnc3C)CC2)c1. The minimum absolute atomic E-state index is 0.0124. The Morgan fingerprint density at radius 3 is 2.87 bits per heavy atom. The largest absolute Gasteiger partial charge is 0.497 e. The van der Waals surface area contributed by atoms with Crippen LogP contribution in [0.2, 0.25) is 0 Å². The molecule has 0 bridgehead atoms. The fraction of sp³-hybridized carbons (Fsp3) is 0.278. The van der Waals surface area contributed by atoms with E-state index in [0.29, 0.717) is 24.3 Å². The first kappa shape index (κ1) is 15.2. The second-order valence-electron chi connectivity index (χ2n) is 5.49. The first-order valence-corrected chi connectivity index (χ1v) is 7.60. The lowest BCUT2D eigenvalue weighted by Crippen LogP contribution is -2.35. The maximum Gasteiger partial charge on any atom is 0.256 e. The Balaban J connectivity index is 1.75. The van der Waals surface area contributed by atoms with E-state index < -0.39 is 0 Å². The number of methoxy groups -OCH3 is 1. The van der Waals surface area contributed by atoms with Gasteiger partial charge in [-0.1, -0.05) is 18.2 Å². The van der Waals surface area contributed by atoms with Gasteiger partial charge < -0.3 is 9.64 Å². The number of carbonyl (C=O) groups is 1. The third kappa shape index (κ3) is 3.23. The quantitative estimate of drug-likeness (QED) is 0.875. The van der Waals surface area contributed by atoms with E-state index >= 15 is 0 Å². The van der Waals surface area contributed by atoms with Crippen LogP contribution in [0, 0.1) is 6.92 Å². The van der Waals surface area contributed by atoms with Crippen LogP contribution in [0.1, 0.15) is 28.0 Å². The van der Waals surface area contributed by atoms with Crippen LogP contribution < -0.4 is 4.74 Å². The summed E-state index contributed by atoms with van der Waals surface area (Å²) in [5.74, 6) is 0.860. The Labute approximate surface area is 135 Å². The molecule has 0 saturated carbocycles. The van der Waals surface area contributed by atoms with Gasteiger partial charge in [-0.25, -0.2) is 0 Å². The van der Waals surface area contributed by atoms with E-state index in [2.05, 4.69) is 22.3 Å². The van der Waals surface area contributed by atoms with Crippen molar-refractivity contribution in [2.24, 2.45) is 0 Å². The Hall–Kier alpha value is -2.69. The van der Waals surface area contributed by atoms with E-state index in [-0.39, 0.29) is 5.91 Å². The molecule has 0 N–H and O–H groups in total. The predicted octanol–water partition coefficient (Wildman–Crippen LogP) is 2.72. The first-order chi connectivity index (χ1) is 11.2. The molecule has 0 saturated heterocycles. The smallest absolute Gasteiger partial charge is 0.256 e. The van der Waals surface area contributed by atoms with Crippen LogP contribution in [0.25, 0.3) is 5.57 Å². The maximum absolute atomic E-state index is 12.6. The summed E-state index contributed by atoms with van der Waals surface area (Å²) in [4.78, 5) is 14.4. The van der Waals surface area contributed by atoms with Gasteiger partial charge in [-0.05, 0) is 42.7 Å². The normalized spacial score (nSPS) is 14.3. The molecule has 118 valence electrons. The Morgan fingerprint density at radius 2 is 2.17 bits per heavy atom. The number of amides is 1. The van der Waals surface area contributed by atoms with Crippen molar-refractivity contribution < 1.29 is 9.53 Å². The highest BCUT2D eigenvalue weighted by atomic mass is 16.5. The summed E-state index contributed by atoms with van der Waals surface area (Å²) in [6, 6.07) is 9.75. The van der Waals surface area contributed by atoms with Crippen molar-refractivity contribution >= 4 is 11.5 Å². The number of hydrogen-bond acceptors (Lipinski definition) is 4. The fourth-order valence-corrected chi connectivity index (χ4v) is 2.74. The predicted molar refractivity (Wildman–Crippen MR) is 88.3 cm³/mol. The van der Waals surface area contributed by atoms with Crippen molar-refractivity contribution in [2.45, 2.75) is 13.3 Å². The van der Waals surface area contributed by atoms with Gasteiger partial charge in [0.2, 0.25) is 0 Å². The molecule has 0 fully saturated rings. The van der Waals surface area contributed by atoms with Crippen molar-refractivity contribution in [3.8, 4) is 5.75 Å². The van der Waals surface area contributed by atoms with Gasteiger partial charge in [-0.3, -0.25) is 4.79 Å². The van der Waals surface area contributed by atoms with E-state index in [1.54, 1.807) is 19.4 Å². The number of benzene rings is 1. The number of ether oxygens (including phenoxy) is 1. The Kier molecular flexibility index (Phi) is 4.37. The zero-order valence-electron chi connectivity index (χ0n) is 13.3. The average molecular weight is 309 g/mol. The monoisotopic (exact) mass is 309 g/mol. The standard InChI is InChI=1S/C18H19N3O2/c1-13-17(6-9-19-20-13)18(22)21-10-7-14(8-11-21)15-4-3-5-16(12-15)23-2/h3-7,9,12H,8,10-11H2,1-2H3. The molecular formula is C18H19N3O2. The third-order valence-corrected chi connectivity index (χ3v) is 4.07. The summed E-state index contributed by atoms with van der Waals surface area (Å²) >= 11 is 0. The summed E-state index contributed by atoms with van der Waals surface area (Å²) in [6.07, 6.45) is 4.50. The summed E-state index contributed by atoms with van der Waals surface area (Å²) in [5, 5.41) is 7.75. The zero-order valence-corrected chi connectivity index (χ0v) is 13.3. The molecular weight excluding hydrogens is 290 g/mol. The van der Waals surface area contributed by atoms with Gasteiger partial charge in [-0.15, -0.1) is 0 Å². The summed E-state index contributed by atoms with van der Waals surface area (Å²) in [7, 11) is 1.67. The van der Waals surface area contributed by atoms with Crippen molar-refractivity contribution in [1.82, 2.24) is 15.1 Å². The van der Waals surface area contributed by atoms with E-state index in [1.165, 1.54) is 5.57 Å². The molecule has 1 aromatic carbocycles. The summed E-state index contributed by atoms with van der Waals surface area (Å²) in [5.41, 5.74) is 3.69. The molecule has 5 heteroatoms. The molecule has 5 nitrogen and oxygen atoms in total. The lowest BCUT2D eigenvalue weighted by Gasteiger charge is -2.27. The number of aryl methyl sites for hydroxylation is 1. The average Bonchev–Trinajstić information content (AvgIpc) is 2.62. The molecule has 2 heterocycles. The molecule has 1 aliphatic heterocycles. The summed E-state index contributed by atoms with van der Waals surface area (Å²) in [6.45, 7) is 3.11. The van der Waals surface area contributed by atoms with Gasteiger partial charge >= 0.3 is 0 Å². The third-order valence-electron chi connectivity index (χ3n) is 4.07. The van der Waals surface area contributed by atoms with E-state index in [0.717, 1.165) is 17.7 Å². The van der Waals surface area contributed by atoms with Crippen LogP contribution >= 0.6 is 0 Å². The Bertz CT molecular complexity index is 755. The molecule has 0 unspecified atom stereocenters. The van der Waals surface area contributed by atoms with Crippen molar-refractivity contribution in [1.29, 1.82) is 0 Å². The molecule has 1 amide bonds. The minimum atomic E-state index is 0.0124. The van der Waals surface area contributed by atoms with Gasteiger partial charge in [0, 0.05) is 13.1 Å². The van der Waals surface area contributed by atoms with Gasteiger partial charge in [0.15, 0.2) is 0 Å². The van der Waals surface area contributed by atoms with Crippen LogP contribution in [-0.2, 0) is 0 Å². The number of nitrogens with zero attached hydrogens (tertiary/aromatic N) is 3.